The van der Waals surface area contributed by atoms with Crippen molar-refractivity contribution in [2.75, 3.05) is 33.0 Å². The van der Waals surface area contributed by atoms with Crippen molar-refractivity contribution in [1.82, 2.24) is 5.32 Å². The molecular weight excluding hydrogens is 218 g/mol. The molecule has 4 nitrogen and oxygen atoms in total. The Labute approximate surface area is 105 Å². The maximum absolute atomic E-state index is 5.57. The van der Waals surface area contributed by atoms with Gasteiger partial charge in [-0.3, -0.25) is 0 Å². The molecular formula is C13H27NO3. The van der Waals surface area contributed by atoms with Crippen LogP contribution in [0.25, 0.3) is 0 Å². The molecule has 0 bridgehead atoms. The molecule has 0 amide bonds. The summed E-state index contributed by atoms with van der Waals surface area (Å²) in [5.74, 6) is 0.198. The standard InChI is InChI=1S/C13H27NO3/c1-11(2)8-15-7-5-6-14-12-9-16-13(3,4)17-10-12/h11-12,14H,5-10H2,1-4H3. The molecule has 1 aliphatic heterocycles. The first-order valence-corrected chi connectivity index (χ1v) is 6.58. The Balaban J connectivity index is 1.94. The average molecular weight is 245 g/mol. The molecule has 0 aliphatic carbocycles. The minimum atomic E-state index is -0.418. The Bertz CT molecular complexity index is 197. The number of rotatable bonds is 7. The molecule has 0 aromatic carbocycles. The lowest BCUT2D eigenvalue weighted by Crippen LogP contribution is -2.48. The summed E-state index contributed by atoms with van der Waals surface area (Å²) in [5, 5.41) is 3.42. The lowest BCUT2D eigenvalue weighted by Gasteiger charge is -2.35. The van der Waals surface area contributed by atoms with Crippen LogP contribution in [0.2, 0.25) is 0 Å². The van der Waals surface area contributed by atoms with Crippen LogP contribution in [-0.4, -0.2) is 44.8 Å². The fraction of sp³-hybridized carbons (Fsp3) is 1.00. The van der Waals surface area contributed by atoms with Gasteiger partial charge in [-0.2, -0.15) is 0 Å². The molecule has 0 saturated carbocycles. The first-order chi connectivity index (χ1) is 7.99. The van der Waals surface area contributed by atoms with Gasteiger partial charge in [0.1, 0.15) is 0 Å². The van der Waals surface area contributed by atoms with Gasteiger partial charge in [0.2, 0.25) is 0 Å². The summed E-state index contributed by atoms with van der Waals surface area (Å²) in [4.78, 5) is 0. The molecule has 4 heteroatoms. The van der Waals surface area contributed by atoms with Crippen molar-refractivity contribution in [1.29, 1.82) is 0 Å². The molecule has 0 aromatic rings. The summed E-state index contributed by atoms with van der Waals surface area (Å²) >= 11 is 0. The second-order valence-electron chi connectivity index (χ2n) is 5.50. The monoisotopic (exact) mass is 245 g/mol. The quantitative estimate of drug-likeness (QED) is 0.694. The van der Waals surface area contributed by atoms with Crippen LogP contribution < -0.4 is 5.32 Å². The van der Waals surface area contributed by atoms with Crippen LogP contribution in [0.5, 0.6) is 0 Å². The number of hydrogen-bond donors (Lipinski definition) is 1. The summed E-state index contributed by atoms with van der Waals surface area (Å²) in [6.45, 7) is 12.3. The zero-order valence-corrected chi connectivity index (χ0v) is 11.6. The third kappa shape index (κ3) is 6.99. The summed E-state index contributed by atoms with van der Waals surface area (Å²) in [5.41, 5.74) is 0. The SMILES string of the molecule is CC(C)COCCCNC1COC(C)(C)OC1. The van der Waals surface area contributed by atoms with E-state index in [1.807, 2.05) is 13.8 Å². The van der Waals surface area contributed by atoms with Crippen molar-refractivity contribution in [3.8, 4) is 0 Å². The first-order valence-electron chi connectivity index (χ1n) is 6.58. The number of nitrogens with one attached hydrogen (secondary N) is 1. The largest absolute Gasteiger partial charge is 0.381 e. The highest BCUT2D eigenvalue weighted by Crippen LogP contribution is 2.16. The zero-order chi connectivity index (χ0) is 12.7. The fourth-order valence-corrected chi connectivity index (χ4v) is 1.61. The van der Waals surface area contributed by atoms with E-state index in [0.29, 0.717) is 12.0 Å². The van der Waals surface area contributed by atoms with E-state index in [1.165, 1.54) is 0 Å². The van der Waals surface area contributed by atoms with Gasteiger partial charge >= 0.3 is 0 Å². The van der Waals surface area contributed by atoms with Crippen molar-refractivity contribution in [3.05, 3.63) is 0 Å². The predicted molar refractivity (Wildman–Crippen MR) is 68.0 cm³/mol. The van der Waals surface area contributed by atoms with E-state index in [9.17, 15) is 0 Å². The number of ether oxygens (including phenoxy) is 3. The maximum Gasteiger partial charge on any atom is 0.162 e. The molecule has 1 rings (SSSR count). The Morgan fingerprint density at radius 1 is 1.29 bits per heavy atom. The Hall–Kier alpha value is -0.160. The van der Waals surface area contributed by atoms with E-state index in [1.54, 1.807) is 0 Å². The van der Waals surface area contributed by atoms with Crippen molar-refractivity contribution in [2.45, 2.75) is 45.9 Å². The Morgan fingerprint density at radius 3 is 2.53 bits per heavy atom. The van der Waals surface area contributed by atoms with Crippen LogP contribution in [-0.2, 0) is 14.2 Å². The van der Waals surface area contributed by atoms with Gasteiger partial charge in [-0.1, -0.05) is 13.8 Å². The zero-order valence-electron chi connectivity index (χ0n) is 11.6. The van der Waals surface area contributed by atoms with Gasteiger partial charge in [0, 0.05) is 13.2 Å². The molecule has 1 saturated heterocycles. The van der Waals surface area contributed by atoms with Crippen LogP contribution >= 0.6 is 0 Å². The van der Waals surface area contributed by atoms with Crippen LogP contribution in [0.1, 0.15) is 34.1 Å². The lowest BCUT2D eigenvalue weighted by atomic mass is 10.2. The highest BCUT2D eigenvalue weighted by atomic mass is 16.7. The van der Waals surface area contributed by atoms with E-state index in [-0.39, 0.29) is 0 Å². The first kappa shape index (κ1) is 14.9. The molecule has 0 atom stereocenters. The second kappa shape index (κ2) is 7.31. The fourth-order valence-electron chi connectivity index (χ4n) is 1.61. The minimum Gasteiger partial charge on any atom is -0.381 e. The Kier molecular flexibility index (Phi) is 6.41. The predicted octanol–water partition coefficient (Wildman–Crippen LogP) is 1.79. The van der Waals surface area contributed by atoms with Gasteiger partial charge in [0.05, 0.1) is 19.3 Å². The van der Waals surface area contributed by atoms with Crippen LogP contribution in [0.4, 0.5) is 0 Å². The van der Waals surface area contributed by atoms with Gasteiger partial charge in [-0.25, -0.2) is 0 Å². The van der Waals surface area contributed by atoms with Crippen LogP contribution in [0.3, 0.4) is 0 Å². The van der Waals surface area contributed by atoms with Crippen molar-refractivity contribution in [2.24, 2.45) is 5.92 Å². The second-order valence-corrected chi connectivity index (χ2v) is 5.50. The van der Waals surface area contributed by atoms with Gasteiger partial charge in [-0.05, 0) is 32.7 Å². The smallest absolute Gasteiger partial charge is 0.162 e. The molecule has 1 aliphatic rings. The molecule has 1 heterocycles. The van der Waals surface area contributed by atoms with Gasteiger partial charge in [0.15, 0.2) is 5.79 Å². The minimum absolute atomic E-state index is 0.313. The molecule has 0 aromatic heterocycles. The molecule has 102 valence electrons. The molecule has 1 fully saturated rings. The molecule has 0 unspecified atom stereocenters. The van der Waals surface area contributed by atoms with E-state index >= 15 is 0 Å². The van der Waals surface area contributed by atoms with E-state index in [2.05, 4.69) is 19.2 Å². The van der Waals surface area contributed by atoms with E-state index in [0.717, 1.165) is 39.4 Å². The van der Waals surface area contributed by atoms with Crippen molar-refractivity contribution >= 4 is 0 Å². The highest BCUT2D eigenvalue weighted by molar-refractivity contribution is 4.72. The summed E-state index contributed by atoms with van der Waals surface area (Å²) in [6, 6.07) is 0.313. The Morgan fingerprint density at radius 2 is 1.94 bits per heavy atom. The van der Waals surface area contributed by atoms with Crippen molar-refractivity contribution in [3.63, 3.8) is 0 Å². The molecule has 0 spiro atoms. The third-order valence-corrected chi connectivity index (χ3v) is 2.61. The molecule has 17 heavy (non-hydrogen) atoms. The number of hydrogen-bond acceptors (Lipinski definition) is 4. The third-order valence-electron chi connectivity index (χ3n) is 2.61. The van der Waals surface area contributed by atoms with Gasteiger partial charge in [0.25, 0.3) is 0 Å². The van der Waals surface area contributed by atoms with Crippen molar-refractivity contribution < 1.29 is 14.2 Å². The average Bonchev–Trinajstić information content (AvgIpc) is 2.25. The normalized spacial score (nSPS) is 21.0. The van der Waals surface area contributed by atoms with E-state index < -0.39 is 5.79 Å². The maximum atomic E-state index is 5.57. The van der Waals surface area contributed by atoms with Crippen LogP contribution in [0, 0.1) is 5.92 Å². The van der Waals surface area contributed by atoms with Crippen LogP contribution in [0.15, 0.2) is 0 Å². The lowest BCUT2D eigenvalue weighted by molar-refractivity contribution is -0.252. The highest BCUT2D eigenvalue weighted by Gasteiger charge is 2.27. The molecule has 0 radical (unpaired) electrons. The summed E-state index contributed by atoms with van der Waals surface area (Å²) in [7, 11) is 0. The summed E-state index contributed by atoms with van der Waals surface area (Å²) in [6.07, 6.45) is 1.03. The van der Waals surface area contributed by atoms with Gasteiger partial charge in [-0.15, -0.1) is 0 Å². The summed E-state index contributed by atoms with van der Waals surface area (Å²) < 4.78 is 16.7. The topological polar surface area (TPSA) is 39.7 Å². The molecule has 1 N–H and O–H groups in total. The van der Waals surface area contributed by atoms with E-state index in [4.69, 9.17) is 14.2 Å². The van der Waals surface area contributed by atoms with Gasteiger partial charge < -0.3 is 19.5 Å².